The van der Waals surface area contributed by atoms with E-state index >= 15 is 0 Å². The predicted octanol–water partition coefficient (Wildman–Crippen LogP) is 4.21. The Kier molecular flexibility index (Phi) is 6.55. The second-order valence-corrected chi connectivity index (χ2v) is 9.97. The number of carbonyl (C=O) groups excluding carboxylic acids is 1. The third kappa shape index (κ3) is 4.67. The van der Waals surface area contributed by atoms with Gasteiger partial charge in [0.25, 0.3) is 0 Å². The lowest BCUT2D eigenvalue weighted by molar-refractivity contribution is -0.119. The van der Waals surface area contributed by atoms with Crippen molar-refractivity contribution in [3.8, 4) is 17.2 Å². The van der Waals surface area contributed by atoms with E-state index in [0.717, 1.165) is 30.4 Å². The molecule has 5 rings (SSSR count). The number of rotatable bonds is 6. The molecule has 3 N–H and O–H groups in total. The minimum Gasteiger partial charge on any atom is -0.508 e. The van der Waals surface area contributed by atoms with Crippen LogP contribution in [0.3, 0.4) is 0 Å². The number of hydrogen-bond donors (Lipinski definition) is 3. The van der Waals surface area contributed by atoms with Crippen molar-refractivity contribution in [3.05, 3.63) is 64.5 Å². The van der Waals surface area contributed by atoms with Gasteiger partial charge in [-0.1, -0.05) is 19.1 Å². The minimum absolute atomic E-state index is 0.0133. The number of aromatic hydroxyl groups is 2. The van der Waals surface area contributed by atoms with E-state index in [1.54, 1.807) is 18.2 Å². The van der Waals surface area contributed by atoms with E-state index in [9.17, 15) is 24.5 Å². The average Bonchev–Trinajstić information content (AvgIpc) is 3.41. The van der Waals surface area contributed by atoms with Gasteiger partial charge in [-0.2, -0.15) is 0 Å². The van der Waals surface area contributed by atoms with Gasteiger partial charge >= 0.3 is 0 Å². The van der Waals surface area contributed by atoms with Gasteiger partial charge in [-0.05, 0) is 67.9 Å². The highest BCUT2D eigenvalue weighted by Crippen LogP contribution is 2.45. The first kappa shape index (κ1) is 23.8. The summed E-state index contributed by atoms with van der Waals surface area (Å²) in [5.74, 6) is -0.456. The molecule has 1 aliphatic heterocycles. The second kappa shape index (κ2) is 9.63. The first-order valence-electron chi connectivity index (χ1n) is 12.5. The van der Waals surface area contributed by atoms with Gasteiger partial charge in [0.1, 0.15) is 17.6 Å². The molecule has 1 fully saturated rings. The molecule has 186 valence electrons. The molecule has 0 aromatic heterocycles. The number of nitrogens with zero attached hydrogens (tertiary/aromatic N) is 1. The molecule has 1 heterocycles. The van der Waals surface area contributed by atoms with Gasteiger partial charge in [-0.15, -0.1) is 0 Å². The van der Waals surface area contributed by atoms with Gasteiger partial charge in [0.15, 0.2) is 17.3 Å². The first-order chi connectivity index (χ1) is 16.8. The number of ether oxygens (including phenoxy) is 1. The van der Waals surface area contributed by atoms with Crippen molar-refractivity contribution in [3.63, 3.8) is 0 Å². The Morgan fingerprint density at radius 3 is 2.74 bits per heavy atom. The maximum atomic E-state index is 14.9. The predicted molar refractivity (Wildman–Crippen MR) is 129 cm³/mol. The summed E-state index contributed by atoms with van der Waals surface area (Å²) < 4.78 is 21.2. The SMILES string of the molecule is CCC1=CCCC(Cc2ccc(F)c(OC3c4cc(O)cc(O)c4CC3N3CCC(O)C3)c2)C1=O. The molecule has 0 amide bonds. The van der Waals surface area contributed by atoms with Gasteiger partial charge in [-0.3, -0.25) is 9.69 Å². The summed E-state index contributed by atoms with van der Waals surface area (Å²) in [5.41, 5.74) is 3.00. The van der Waals surface area contributed by atoms with Gasteiger partial charge in [0.2, 0.25) is 0 Å². The number of aliphatic hydroxyl groups is 1. The molecule has 0 saturated carbocycles. The van der Waals surface area contributed by atoms with Crippen LogP contribution in [0.2, 0.25) is 0 Å². The molecule has 0 bridgehead atoms. The molecule has 7 heteroatoms. The molecule has 0 spiro atoms. The van der Waals surface area contributed by atoms with E-state index in [0.29, 0.717) is 43.5 Å². The molecule has 2 aliphatic carbocycles. The molecule has 0 radical (unpaired) electrons. The zero-order chi connectivity index (χ0) is 24.7. The highest BCUT2D eigenvalue weighted by atomic mass is 19.1. The smallest absolute Gasteiger partial charge is 0.165 e. The third-order valence-corrected chi connectivity index (χ3v) is 7.68. The number of hydrogen-bond acceptors (Lipinski definition) is 6. The van der Waals surface area contributed by atoms with Crippen molar-refractivity contribution in [1.82, 2.24) is 4.90 Å². The number of benzene rings is 2. The highest BCUT2D eigenvalue weighted by molar-refractivity contribution is 5.97. The Morgan fingerprint density at radius 2 is 2.00 bits per heavy atom. The standard InChI is InChI=1S/C28H32FNO5/c1-2-17-4-3-5-18(27(17)34)10-16-6-7-23(29)26(11-16)35-28-22-12-20(32)13-25(33)21(22)14-24(28)30-9-8-19(31)15-30/h4,6-7,11-13,18-19,24,28,31-33H,2-3,5,8-10,14-15H2,1H3. The van der Waals surface area contributed by atoms with Crippen LogP contribution >= 0.6 is 0 Å². The van der Waals surface area contributed by atoms with Crippen LogP contribution in [0, 0.1) is 11.7 Å². The lowest BCUT2D eigenvalue weighted by atomic mass is 9.82. The Labute approximate surface area is 204 Å². The number of phenols is 2. The van der Waals surface area contributed by atoms with Gasteiger partial charge in [0, 0.05) is 36.2 Å². The summed E-state index contributed by atoms with van der Waals surface area (Å²) in [6, 6.07) is 7.40. The van der Waals surface area contributed by atoms with Crippen LogP contribution in [0.1, 0.15) is 55.4 Å². The Bertz CT molecular complexity index is 1160. The van der Waals surface area contributed by atoms with Crippen molar-refractivity contribution in [2.24, 2.45) is 5.92 Å². The summed E-state index contributed by atoms with van der Waals surface area (Å²) in [6.07, 6.45) is 4.99. The van der Waals surface area contributed by atoms with E-state index in [1.165, 1.54) is 12.1 Å². The van der Waals surface area contributed by atoms with Crippen molar-refractivity contribution in [2.75, 3.05) is 13.1 Å². The monoisotopic (exact) mass is 481 g/mol. The number of likely N-dealkylation sites (tertiary alicyclic amines) is 1. The molecule has 4 unspecified atom stereocenters. The number of fused-ring (bicyclic) bond motifs is 1. The maximum absolute atomic E-state index is 14.9. The van der Waals surface area contributed by atoms with Crippen molar-refractivity contribution >= 4 is 5.78 Å². The zero-order valence-electron chi connectivity index (χ0n) is 19.9. The molecule has 2 aromatic carbocycles. The normalized spacial score (nSPS) is 26.6. The Hall–Kier alpha value is -2.90. The van der Waals surface area contributed by atoms with E-state index in [4.69, 9.17) is 4.74 Å². The molecule has 1 saturated heterocycles. The van der Waals surface area contributed by atoms with Crippen LogP contribution in [-0.2, 0) is 17.6 Å². The number of aliphatic hydroxyl groups excluding tert-OH is 1. The second-order valence-electron chi connectivity index (χ2n) is 9.97. The number of allylic oxidation sites excluding steroid dienone is 2. The van der Waals surface area contributed by atoms with Crippen LogP contribution < -0.4 is 4.74 Å². The van der Waals surface area contributed by atoms with E-state index < -0.39 is 18.0 Å². The first-order valence-corrected chi connectivity index (χ1v) is 12.5. The number of halogens is 1. The number of β-amino-alcohol motifs (C(OH)–C–C–N with tert-alkyl or cyclic N) is 1. The molecule has 6 nitrogen and oxygen atoms in total. The third-order valence-electron chi connectivity index (χ3n) is 7.68. The lowest BCUT2D eigenvalue weighted by Gasteiger charge is -2.30. The van der Waals surface area contributed by atoms with Crippen LogP contribution in [0.25, 0.3) is 0 Å². The molecule has 3 aliphatic rings. The van der Waals surface area contributed by atoms with Gasteiger partial charge in [0.05, 0.1) is 12.1 Å². The van der Waals surface area contributed by atoms with Crippen molar-refractivity contribution < 1.29 is 29.2 Å². The minimum atomic E-state index is -0.621. The molecule has 2 aromatic rings. The topological polar surface area (TPSA) is 90.2 Å². The van der Waals surface area contributed by atoms with E-state index in [2.05, 4.69) is 4.90 Å². The largest absolute Gasteiger partial charge is 0.508 e. The molecular formula is C28H32FNO5. The summed E-state index contributed by atoms with van der Waals surface area (Å²) in [4.78, 5) is 14.9. The van der Waals surface area contributed by atoms with Crippen LogP contribution in [0.15, 0.2) is 42.0 Å². The maximum Gasteiger partial charge on any atom is 0.165 e. The summed E-state index contributed by atoms with van der Waals surface area (Å²) in [6.45, 7) is 3.14. The van der Waals surface area contributed by atoms with Crippen LogP contribution in [0.4, 0.5) is 4.39 Å². The summed E-state index contributed by atoms with van der Waals surface area (Å²) in [7, 11) is 0. The number of ketones is 1. The van der Waals surface area contributed by atoms with Crippen molar-refractivity contribution in [1.29, 1.82) is 0 Å². The summed E-state index contributed by atoms with van der Waals surface area (Å²) >= 11 is 0. The quantitative estimate of drug-likeness (QED) is 0.573. The molecule has 4 atom stereocenters. The van der Waals surface area contributed by atoms with Gasteiger partial charge < -0.3 is 20.1 Å². The fourth-order valence-electron chi connectivity index (χ4n) is 5.85. The number of Topliss-reactive ketones (excluding diaryl/α,β-unsaturated/α-hetero) is 1. The highest BCUT2D eigenvalue weighted by Gasteiger charge is 2.42. The van der Waals surface area contributed by atoms with Crippen LogP contribution in [0.5, 0.6) is 17.2 Å². The number of carbonyl (C=O) groups is 1. The fourth-order valence-corrected chi connectivity index (χ4v) is 5.85. The lowest BCUT2D eigenvalue weighted by Crippen LogP contribution is -2.39. The molecule has 35 heavy (non-hydrogen) atoms. The van der Waals surface area contributed by atoms with E-state index in [1.807, 2.05) is 13.0 Å². The number of phenolic OH excluding ortho intramolecular Hbond substituents is 2. The van der Waals surface area contributed by atoms with Gasteiger partial charge in [-0.25, -0.2) is 4.39 Å². The zero-order valence-corrected chi connectivity index (χ0v) is 19.9. The van der Waals surface area contributed by atoms with E-state index in [-0.39, 0.29) is 35.0 Å². The molecular weight excluding hydrogens is 449 g/mol. The Morgan fingerprint density at radius 1 is 1.17 bits per heavy atom. The van der Waals surface area contributed by atoms with Crippen LogP contribution in [-0.4, -0.2) is 51.2 Å². The Balaban J connectivity index is 1.43. The summed E-state index contributed by atoms with van der Waals surface area (Å²) in [5, 5.41) is 30.7. The fraction of sp³-hybridized carbons (Fsp3) is 0.464. The van der Waals surface area contributed by atoms with Crippen molar-refractivity contribution in [2.45, 2.75) is 63.7 Å². The average molecular weight is 482 g/mol.